The molecule has 4 rings (SSSR count). The lowest BCUT2D eigenvalue weighted by Crippen LogP contribution is -2.05. The Morgan fingerprint density at radius 2 is 1.62 bits per heavy atom. The van der Waals surface area contributed by atoms with Crippen LogP contribution < -0.4 is 9.47 Å². The van der Waals surface area contributed by atoms with E-state index in [4.69, 9.17) is 9.47 Å². The zero-order valence-electron chi connectivity index (χ0n) is 11.0. The summed E-state index contributed by atoms with van der Waals surface area (Å²) in [5.41, 5.74) is 2.38. The number of hydrogen-bond donors (Lipinski definition) is 0. The Hall–Kier alpha value is -2.88. The van der Waals surface area contributed by atoms with Crippen molar-refractivity contribution in [3.8, 4) is 11.5 Å². The third-order valence-corrected chi connectivity index (χ3v) is 3.62. The highest BCUT2D eigenvalue weighted by Crippen LogP contribution is 2.35. The van der Waals surface area contributed by atoms with Gasteiger partial charge in [0.15, 0.2) is 11.5 Å². The molecule has 1 aliphatic heterocycles. The van der Waals surface area contributed by atoms with Crippen LogP contribution in [0.3, 0.4) is 0 Å². The van der Waals surface area contributed by atoms with Crippen LogP contribution in [-0.4, -0.2) is 18.4 Å². The van der Waals surface area contributed by atoms with Gasteiger partial charge in [-0.3, -0.25) is 9.59 Å². The molecule has 0 spiro atoms. The number of Topliss-reactive ketones (excluding diaryl/α,β-unsaturated/α-hetero) is 2. The molecule has 4 heteroatoms. The summed E-state index contributed by atoms with van der Waals surface area (Å²) in [6.45, 7) is 0.204. The molecular formula is C17H10O4. The van der Waals surface area contributed by atoms with Crippen LogP contribution >= 0.6 is 0 Å². The number of fused-ring (bicyclic) bond motifs is 2. The van der Waals surface area contributed by atoms with Gasteiger partial charge in [-0.1, -0.05) is 30.3 Å². The summed E-state index contributed by atoms with van der Waals surface area (Å²) >= 11 is 0. The van der Waals surface area contributed by atoms with Crippen LogP contribution in [0.5, 0.6) is 11.5 Å². The van der Waals surface area contributed by atoms with Gasteiger partial charge in [0.25, 0.3) is 0 Å². The van der Waals surface area contributed by atoms with E-state index >= 15 is 0 Å². The van der Waals surface area contributed by atoms with Gasteiger partial charge in [0.05, 0.1) is 0 Å². The van der Waals surface area contributed by atoms with E-state index in [1.54, 1.807) is 36.4 Å². The van der Waals surface area contributed by atoms with Gasteiger partial charge < -0.3 is 9.47 Å². The fourth-order valence-electron chi connectivity index (χ4n) is 2.60. The predicted octanol–water partition coefficient (Wildman–Crippen LogP) is 2.72. The lowest BCUT2D eigenvalue weighted by atomic mass is 10.0. The Morgan fingerprint density at radius 1 is 0.857 bits per heavy atom. The Balaban J connectivity index is 1.83. The number of carbonyl (C=O) groups is 2. The molecular weight excluding hydrogens is 268 g/mol. The third-order valence-electron chi connectivity index (χ3n) is 3.62. The fraction of sp³-hybridized carbons (Fsp3) is 0.0588. The molecule has 21 heavy (non-hydrogen) atoms. The molecule has 0 N–H and O–H groups in total. The standard InChI is InChI=1S/C17H10O4/c18-16-12-4-2-1-3-11(12)13(17(16)19)7-10-5-6-14-15(8-10)21-9-20-14/h1-8H,9H2/b13-7-. The molecule has 0 bridgehead atoms. The highest BCUT2D eigenvalue weighted by Gasteiger charge is 2.32. The molecule has 1 heterocycles. The van der Waals surface area contributed by atoms with E-state index in [0.29, 0.717) is 28.2 Å². The van der Waals surface area contributed by atoms with E-state index in [-0.39, 0.29) is 6.79 Å². The van der Waals surface area contributed by atoms with Crippen molar-refractivity contribution in [1.82, 2.24) is 0 Å². The molecule has 2 aromatic rings. The first kappa shape index (κ1) is 11.9. The summed E-state index contributed by atoms with van der Waals surface area (Å²) in [5.74, 6) is 0.423. The smallest absolute Gasteiger partial charge is 0.234 e. The Kier molecular flexibility index (Phi) is 2.44. The van der Waals surface area contributed by atoms with Crippen molar-refractivity contribution in [2.45, 2.75) is 0 Å². The summed E-state index contributed by atoms with van der Waals surface area (Å²) < 4.78 is 10.6. The van der Waals surface area contributed by atoms with Gasteiger partial charge in [-0.2, -0.15) is 0 Å². The van der Waals surface area contributed by atoms with Crippen molar-refractivity contribution >= 4 is 23.2 Å². The third kappa shape index (κ3) is 1.76. The largest absolute Gasteiger partial charge is 0.454 e. The zero-order chi connectivity index (χ0) is 14.4. The molecule has 0 amide bonds. The van der Waals surface area contributed by atoms with Gasteiger partial charge in [-0.25, -0.2) is 0 Å². The van der Waals surface area contributed by atoms with Crippen LogP contribution in [0.25, 0.3) is 11.6 Å². The quantitative estimate of drug-likeness (QED) is 0.594. The predicted molar refractivity (Wildman–Crippen MR) is 76.2 cm³/mol. The minimum Gasteiger partial charge on any atom is -0.454 e. The molecule has 0 saturated carbocycles. The highest BCUT2D eigenvalue weighted by atomic mass is 16.7. The van der Waals surface area contributed by atoms with Crippen molar-refractivity contribution in [1.29, 1.82) is 0 Å². The second-order valence-corrected chi connectivity index (χ2v) is 4.87. The van der Waals surface area contributed by atoms with Crippen LogP contribution in [-0.2, 0) is 4.79 Å². The Labute approximate surface area is 120 Å². The minimum absolute atomic E-state index is 0.204. The zero-order valence-corrected chi connectivity index (χ0v) is 11.0. The number of hydrogen-bond acceptors (Lipinski definition) is 4. The van der Waals surface area contributed by atoms with Crippen molar-refractivity contribution in [2.75, 3.05) is 6.79 Å². The average Bonchev–Trinajstić information content (AvgIpc) is 3.06. The average molecular weight is 278 g/mol. The summed E-state index contributed by atoms with van der Waals surface area (Å²) in [6, 6.07) is 12.5. The SMILES string of the molecule is O=C1C(=O)c2ccccc2/C1=C/c1ccc2c(c1)OCO2. The molecule has 2 aromatic carbocycles. The van der Waals surface area contributed by atoms with Crippen molar-refractivity contribution in [3.63, 3.8) is 0 Å². The van der Waals surface area contributed by atoms with Gasteiger partial charge in [0, 0.05) is 11.1 Å². The van der Waals surface area contributed by atoms with Crippen molar-refractivity contribution in [3.05, 3.63) is 59.2 Å². The van der Waals surface area contributed by atoms with Gasteiger partial charge in [-0.05, 0) is 29.3 Å². The molecule has 0 aromatic heterocycles. The summed E-state index contributed by atoms with van der Waals surface area (Å²) in [7, 11) is 0. The van der Waals surface area contributed by atoms with Crippen LogP contribution in [0.15, 0.2) is 42.5 Å². The first-order valence-electron chi connectivity index (χ1n) is 6.54. The number of benzene rings is 2. The topological polar surface area (TPSA) is 52.6 Å². The van der Waals surface area contributed by atoms with Gasteiger partial charge >= 0.3 is 0 Å². The van der Waals surface area contributed by atoms with Crippen LogP contribution in [0.4, 0.5) is 0 Å². The van der Waals surface area contributed by atoms with E-state index in [0.717, 1.165) is 5.56 Å². The maximum atomic E-state index is 12.1. The molecule has 0 unspecified atom stereocenters. The number of ether oxygens (including phenoxy) is 2. The molecule has 0 fully saturated rings. The summed E-state index contributed by atoms with van der Waals surface area (Å²) in [6.07, 6.45) is 1.72. The van der Waals surface area contributed by atoms with Crippen LogP contribution in [0, 0.1) is 0 Å². The Morgan fingerprint density at radius 3 is 2.48 bits per heavy atom. The van der Waals surface area contributed by atoms with E-state index in [2.05, 4.69) is 0 Å². The van der Waals surface area contributed by atoms with E-state index < -0.39 is 11.6 Å². The van der Waals surface area contributed by atoms with Crippen LogP contribution in [0.1, 0.15) is 21.5 Å². The van der Waals surface area contributed by atoms with Crippen molar-refractivity contribution in [2.24, 2.45) is 0 Å². The van der Waals surface area contributed by atoms with E-state index in [1.807, 2.05) is 12.1 Å². The summed E-state index contributed by atoms with van der Waals surface area (Å²) in [5, 5.41) is 0. The molecule has 1 aliphatic carbocycles. The van der Waals surface area contributed by atoms with Gasteiger partial charge in [-0.15, -0.1) is 0 Å². The normalized spacial score (nSPS) is 17.4. The lowest BCUT2D eigenvalue weighted by Gasteiger charge is -2.01. The number of rotatable bonds is 1. The molecule has 0 atom stereocenters. The lowest BCUT2D eigenvalue weighted by molar-refractivity contribution is -0.109. The number of carbonyl (C=O) groups excluding carboxylic acids is 2. The molecule has 2 aliphatic rings. The van der Waals surface area contributed by atoms with Gasteiger partial charge in [0.1, 0.15) is 0 Å². The van der Waals surface area contributed by atoms with E-state index in [9.17, 15) is 9.59 Å². The maximum Gasteiger partial charge on any atom is 0.234 e. The Bertz CT molecular complexity index is 817. The second kappa shape index (κ2) is 4.31. The van der Waals surface area contributed by atoms with Crippen LogP contribution in [0.2, 0.25) is 0 Å². The fourth-order valence-corrected chi connectivity index (χ4v) is 2.60. The highest BCUT2D eigenvalue weighted by molar-refractivity contribution is 6.64. The second-order valence-electron chi connectivity index (χ2n) is 4.87. The molecule has 102 valence electrons. The molecule has 0 saturated heterocycles. The first-order valence-corrected chi connectivity index (χ1v) is 6.54. The van der Waals surface area contributed by atoms with Crippen molar-refractivity contribution < 1.29 is 19.1 Å². The van der Waals surface area contributed by atoms with E-state index in [1.165, 1.54) is 0 Å². The molecule has 0 radical (unpaired) electrons. The molecule has 4 nitrogen and oxygen atoms in total. The summed E-state index contributed by atoms with van der Waals surface area (Å²) in [4.78, 5) is 24.1. The first-order chi connectivity index (χ1) is 10.2. The number of ketones is 2. The maximum absolute atomic E-state index is 12.1. The minimum atomic E-state index is -0.464. The monoisotopic (exact) mass is 278 g/mol. The van der Waals surface area contributed by atoms with Gasteiger partial charge in [0.2, 0.25) is 18.4 Å². The number of allylic oxidation sites excluding steroid dienone is 1.